The first kappa shape index (κ1) is 15.6. The minimum atomic E-state index is -4.12. The summed E-state index contributed by atoms with van der Waals surface area (Å²) in [5.41, 5.74) is 3.11. The van der Waals surface area contributed by atoms with Crippen molar-refractivity contribution >= 4 is 43.5 Å². The van der Waals surface area contributed by atoms with Gasteiger partial charge in [0.15, 0.2) is 0 Å². The zero-order valence-corrected chi connectivity index (χ0v) is 14.0. The maximum absolute atomic E-state index is 12.4. The van der Waals surface area contributed by atoms with E-state index in [1.54, 1.807) is 31.2 Å². The quantitative estimate of drug-likeness (QED) is 0.768. The van der Waals surface area contributed by atoms with Crippen LogP contribution in [-0.4, -0.2) is 22.4 Å². The van der Waals surface area contributed by atoms with Crippen molar-refractivity contribution < 1.29 is 13.2 Å². The lowest BCUT2D eigenvalue weighted by atomic mass is 10.1. The van der Waals surface area contributed by atoms with E-state index in [9.17, 15) is 13.2 Å². The molecule has 0 saturated carbocycles. The van der Waals surface area contributed by atoms with Gasteiger partial charge < -0.3 is 5.32 Å². The van der Waals surface area contributed by atoms with Gasteiger partial charge in [0.25, 0.3) is 9.84 Å². The van der Waals surface area contributed by atoms with E-state index >= 15 is 0 Å². The molecule has 1 N–H and O–H groups in total. The molecule has 0 unspecified atom stereocenters. The number of fused-ring (bicyclic) bond motifs is 1. The molecule has 1 amide bonds. The molecule has 0 atom stereocenters. The van der Waals surface area contributed by atoms with Crippen LogP contribution in [0.1, 0.15) is 11.1 Å². The van der Waals surface area contributed by atoms with Gasteiger partial charge in [-0.05, 0) is 37.6 Å². The van der Waals surface area contributed by atoms with Crippen molar-refractivity contribution in [3.63, 3.8) is 0 Å². The molecule has 0 aliphatic carbocycles. The molecule has 0 spiro atoms. The topological polar surface area (TPSA) is 89.0 Å². The van der Waals surface area contributed by atoms with Crippen LogP contribution >= 0.6 is 11.7 Å². The number of nitrogens with one attached hydrogen (secondary N) is 1. The monoisotopic (exact) mass is 347 g/mol. The first-order chi connectivity index (χ1) is 10.9. The highest BCUT2D eigenvalue weighted by Crippen LogP contribution is 2.26. The number of hydrogen-bond acceptors (Lipinski definition) is 6. The summed E-state index contributed by atoms with van der Waals surface area (Å²) in [7, 11) is -4.12. The third-order valence-electron chi connectivity index (χ3n) is 3.44. The van der Waals surface area contributed by atoms with Gasteiger partial charge in [-0.25, -0.2) is 8.42 Å². The highest BCUT2D eigenvalue weighted by molar-refractivity contribution is 8.06. The number of hydrogen-bond donors (Lipinski definition) is 1. The lowest BCUT2D eigenvalue weighted by Crippen LogP contribution is -2.22. The predicted octanol–water partition coefficient (Wildman–Crippen LogP) is 3.31. The number of aryl methyl sites for hydroxylation is 2. The molecule has 23 heavy (non-hydrogen) atoms. The molecule has 118 valence electrons. The SMILES string of the molecule is Cc1ccc(S(=O)(=O)C(=O)Nc2c(C)ccc3nsnc23)cc1. The van der Waals surface area contributed by atoms with Crippen molar-refractivity contribution in [2.45, 2.75) is 18.7 Å². The fourth-order valence-corrected chi connectivity index (χ4v) is 3.59. The Morgan fingerprint density at radius 1 is 1.04 bits per heavy atom. The van der Waals surface area contributed by atoms with Crippen LogP contribution < -0.4 is 5.32 Å². The average Bonchev–Trinajstić information content (AvgIpc) is 2.99. The Hall–Kier alpha value is -2.32. The summed E-state index contributed by atoms with van der Waals surface area (Å²) in [4.78, 5) is 12.3. The summed E-state index contributed by atoms with van der Waals surface area (Å²) in [5.74, 6) is 0. The number of sulfone groups is 1. The molecule has 0 aliphatic heterocycles. The third kappa shape index (κ3) is 2.82. The molecular formula is C15H13N3O3S2. The first-order valence-corrected chi connectivity index (χ1v) is 8.95. The van der Waals surface area contributed by atoms with Crippen LogP contribution in [0.25, 0.3) is 11.0 Å². The second kappa shape index (κ2) is 5.71. The molecule has 3 aromatic rings. The van der Waals surface area contributed by atoms with Gasteiger partial charge in [0.05, 0.1) is 22.3 Å². The number of rotatable bonds is 2. The molecule has 0 saturated heterocycles. The van der Waals surface area contributed by atoms with Crippen molar-refractivity contribution in [3.05, 3.63) is 47.5 Å². The number of anilines is 1. The fourth-order valence-electron chi connectivity index (χ4n) is 2.10. The third-order valence-corrected chi connectivity index (χ3v) is 5.46. The van der Waals surface area contributed by atoms with Gasteiger partial charge in [0.2, 0.25) is 0 Å². The second-order valence-corrected chi connectivity index (χ2v) is 7.50. The molecule has 2 aromatic carbocycles. The van der Waals surface area contributed by atoms with Crippen molar-refractivity contribution in [1.82, 2.24) is 8.75 Å². The Balaban J connectivity index is 1.99. The fraction of sp³-hybridized carbons (Fsp3) is 0.133. The minimum absolute atomic E-state index is 0.0400. The molecule has 1 aromatic heterocycles. The standard InChI is InChI=1S/C15H13N3O3S2/c1-9-3-6-11(7-4-9)23(20,21)15(19)16-13-10(2)5-8-12-14(13)18-22-17-12/h3-8H,1-2H3,(H,16,19). The normalized spacial score (nSPS) is 11.6. The summed E-state index contributed by atoms with van der Waals surface area (Å²) >= 11 is 1.01. The van der Waals surface area contributed by atoms with Crippen LogP contribution in [0, 0.1) is 13.8 Å². The largest absolute Gasteiger partial charge is 0.345 e. The smallest absolute Gasteiger partial charge is 0.310 e. The van der Waals surface area contributed by atoms with E-state index in [4.69, 9.17) is 0 Å². The van der Waals surface area contributed by atoms with E-state index in [0.717, 1.165) is 22.9 Å². The predicted molar refractivity (Wildman–Crippen MR) is 89.5 cm³/mol. The highest BCUT2D eigenvalue weighted by Gasteiger charge is 2.26. The van der Waals surface area contributed by atoms with Gasteiger partial charge in [-0.1, -0.05) is 23.8 Å². The summed E-state index contributed by atoms with van der Waals surface area (Å²) in [5, 5.41) is 1.39. The van der Waals surface area contributed by atoms with E-state index in [0.29, 0.717) is 16.7 Å². The van der Waals surface area contributed by atoms with Crippen LogP contribution in [-0.2, 0) is 9.84 Å². The van der Waals surface area contributed by atoms with Crippen molar-refractivity contribution in [3.8, 4) is 0 Å². The Labute approximate surface area is 137 Å². The first-order valence-electron chi connectivity index (χ1n) is 6.74. The Bertz CT molecular complexity index is 992. The van der Waals surface area contributed by atoms with Gasteiger partial charge >= 0.3 is 5.24 Å². The van der Waals surface area contributed by atoms with Crippen LogP contribution in [0.5, 0.6) is 0 Å². The number of nitrogens with zero attached hydrogens (tertiary/aromatic N) is 2. The maximum atomic E-state index is 12.4. The number of carbonyl (C=O) groups is 1. The highest BCUT2D eigenvalue weighted by atomic mass is 32.2. The van der Waals surface area contributed by atoms with Gasteiger partial charge in [-0.2, -0.15) is 8.75 Å². The van der Waals surface area contributed by atoms with E-state index in [1.165, 1.54) is 12.1 Å². The van der Waals surface area contributed by atoms with Crippen molar-refractivity contribution in [2.75, 3.05) is 5.32 Å². The molecule has 1 heterocycles. The molecule has 0 radical (unpaired) electrons. The number of carbonyl (C=O) groups excluding carboxylic acids is 1. The summed E-state index contributed by atoms with van der Waals surface area (Å²) in [6.07, 6.45) is 0. The van der Waals surface area contributed by atoms with E-state index in [1.807, 2.05) is 6.92 Å². The molecule has 0 fully saturated rings. The molecule has 3 rings (SSSR count). The Morgan fingerprint density at radius 3 is 2.43 bits per heavy atom. The lowest BCUT2D eigenvalue weighted by molar-refractivity contribution is 0.267. The van der Waals surface area contributed by atoms with Crippen LogP contribution in [0.4, 0.5) is 10.5 Å². The maximum Gasteiger partial charge on any atom is 0.345 e. The Kier molecular flexibility index (Phi) is 3.87. The van der Waals surface area contributed by atoms with E-state index < -0.39 is 15.1 Å². The number of amides is 1. The van der Waals surface area contributed by atoms with Gasteiger partial charge in [0.1, 0.15) is 11.0 Å². The van der Waals surface area contributed by atoms with Crippen molar-refractivity contribution in [1.29, 1.82) is 0 Å². The molecule has 0 bridgehead atoms. The minimum Gasteiger partial charge on any atom is -0.310 e. The second-order valence-electron chi connectivity index (χ2n) is 5.12. The molecular weight excluding hydrogens is 334 g/mol. The van der Waals surface area contributed by atoms with Crippen molar-refractivity contribution in [2.24, 2.45) is 0 Å². The Morgan fingerprint density at radius 2 is 1.74 bits per heavy atom. The number of benzene rings is 2. The van der Waals surface area contributed by atoms with Crippen LogP contribution in [0.3, 0.4) is 0 Å². The zero-order chi connectivity index (χ0) is 16.6. The molecule has 8 heteroatoms. The zero-order valence-electron chi connectivity index (χ0n) is 12.4. The average molecular weight is 347 g/mol. The van der Waals surface area contributed by atoms with E-state index in [-0.39, 0.29) is 4.90 Å². The van der Waals surface area contributed by atoms with E-state index in [2.05, 4.69) is 14.1 Å². The lowest BCUT2D eigenvalue weighted by Gasteiger charge is -2.09. The van der Waals surface area contributed by atoms with Gasteiger partial charge in [0, 0.05) is 0 Å². The van der Waals surface area contributed by atoms with Crippen LogP contribution in [0.15, 0.2) is 41.3 Å². The van der Waals surface area contributed by atoms with Crippen LogP contribution in [0.2, 0.25) is 0 Å². The van der Waals surface area contributed by atoms with Gasteiger partial charge in [-0.3, -0.25) is 4.79 Å². The van der Waals surface area contributed by atoms with Gasteiger partial charge in [-0.15, -0.1) is 0 Å². The molecule has 0 aliphatic rings. The molecule has 6 nitrogen and oxygen atoms in total. The number of aromatic nitrogens is 2. The summed E-state index contributed by atoms with van der Waals surface area (Å²) in [6, 6.07) is 9.67. The summed E-state index contributed by atoms with van der Waals surface area (Å²) in [6.45, 7) is 3.61. The summed E-state index contributed by atoms with van der Waals surface area (Å²) < 4.78 is 33.0.